The van der Waals surface area contributed by atoms with Crippen molar-refractivity contribution in [3.63, 3.8) is 0 Å². The van der Waals surface area contributed by atoms with Crippen LogP contribution in [0.15, 0.2) is 12.1 Å². The van der Waals surface area contributed by atoms with Crippen LogP contribution in [-0.2, 0) is 9.53 Å². The highest BCUT2D eigenvalue weighted by Crippen LogP contribution is 2.24. The lowest BCUT2D eigenvalue weighted by Gasteiger charge is -2.32. The van der Waals surface area contributed by atoms with Gasteiger partial charge in [0.2, 0.25) is 0 Å². The van der Waals surface area contributed by atoms with Gasteiger partial charge in [-0.15, -0.1) is 0 Å². The van der Waals surface area contributed by atoms with Gasteiger partial charge in [0.15, 0.2) is 0 Å². The van der Waals surface area contributed by atoms with E-state index in [4.69, 9.17) is 4.74 Å². The van der Waals surface area contributed by atoms with Gasteiger partial charge in [0, 0.05) is 25.2 Å². The summed E-state index contributed by atoms with van der Waals surface area (Å²) in [6, 6.07) is 0.968. The Morgan fingerprint density at radius 1 is 1.25 bits per heavy atom. The van der Waals surface area contributed by atoms with Gasteiger partial charge in [-0.2, -0.15) is 0 Å². The van der Waals surface area contributed by atoms with Crippen LogP contribution in [0.3, 0.4) is 0 Å². The first-order chi connectivity index (χ1) is 11.3. The van der Waals surface area contributed by atoms with Gasteiger partial charge in [-0.3, -0.25) is 9.59 Å². The first-order valence-electron chi connectivity index (χ1n) is 7.91. The first-order valence-corrected chi connectivity index (χ1v) is 7.91. The summed E-state index contributed by atoms with van der Waals surface area (Å²) in [6.07, 6.45) is 1.28. The minimum atomic E-state index is -1.22. The molecule has 1 fully saturated rings. The number of piperidine rings is 1. The fourth-order valence-corrected chi connectivity index (χ4v) is 2.87. The summed E-state index contributed by atoms with van der Waals surface area (Å²) < 4.78 is 45.6. The molecule has 1 atom stereocenters. The van der Waals surface area contributed by atoms with Crippen LogP contribution in [0.5, 0.6) is 0 Å². The topological polar surface area (TPSA) is 46.6 Å². The van der Waals surface area contributed by atoms with E-state index in [2.05, 4.69) is 0 Å². The summed E-state index contributed by atoms with van der Waals surface area (Å²) in [6.45, 7) is 4.04. The Hall–Kier alpha value is -2.05. The molecule has 7 heteroatoms. The molecule has 1 aliphatic rings. The van der Waals surface area contributed by atoms with Gasteiger partial charge in [0.1, 0.15) is 23.0 Å². The summed E-state index contributed by atoms with van der Waals surface area (Å²) in [5.74, 6) is -4.83. The number of esters is 1. The third kappa shape index (κ3) is 4.49. The van der Waals surface area contributed by atoms with E-state index in [1.807, 2.05) is 0 Å². The van der Waals surface area contributed by atoms with Crippen molar-refractivity contribution in [3.05, 3.63) is 35.1 Å². The van der Waals surface area contributed by atoms with Crippen LogP contribution in [0.1, 0.15) is 43.5 Å². The Balaban J connectivity index is 2.07. The molecule has 24 heavy (non-hydrogen) atoms. The molecule has 0 saturated carbocycles. The monoisotopic (exact) mass is 343 g/mol. The second-order valence-corrected chi connectivity index (χ2v) is 6.25. The highest BCUT2D eigenvalue weighted by molar-refractivity contribution is 5.94. The zero-order chi connectivity index (χ0) is 17.9. The highest BCUT2D eigenvalue weighted by atomic mass is 19.1. The van der Waals surface area contributed by atoms with E-state index >= 15 is 0 Å². The molecule has 132 valence electrons. The van der Waals surface area contributed by atoms with Crippen LogP contribution >= 0.6 is 0 Å². The molecule has 1 amide bonds. The van der Waals surface area contributed by atoms with Gasteiger partial charge in [0.25, 0.3) is 5.91 Å². The Labute approximate surface area is 138 Å². The number of halogens is 3. The van der Waals surface area contributed by atoms with Gasteiger partial charge in [-0.25, -0.2) is 13.2 Å². The molecule has 1 saturated heterocycles. The number of carbonyl (C=O) groups excluding carboxylic acids is 2. The first kappa shape index (κ1) is 18.3. The molecule has 1 aliphatic heterocycles. The summed E-state index contributed by atoms with van der Waals surface area (Å²) in [7, 11) is 0. The average Bonchev–Trinajstić information content (AvgIpc) is 2.45. The maximum Gasteiger partial charge on any atom is 0.306 e. The molecule has 0 spiro atoms. The fourth-order valence-electron chi connectivity index (χ4n) is 2.87. The molecule has 1 heterocycles. The number of carbonyl (C=O) groups is 2. The molecule has 0 aromatic heterocycles. The molecule has 2 rings (SSSR count). The van der Waals surface area contributed by atoms with E-state index in [0.29, 0.717) is 25.1 Å². The summed E-state index contributed by atoms with van der Waals surface area (Å²) >= 11 is 0. The predicted octanol–water partition coefficient (Wildman–Crippen LogP) is 3.30. The second kappa shape index (κ2) is 7.68. The number of rotatable bonds is 4. The third-order valence-electron chi connectivity index (χ3n) is 3.85. The molecule has 0 N–H and O–H groups in total. The zero-order valence-corrected chi connectivity index (χ0v) is 13.7. The number of hydrogen-bond acceptors (Lipinski definition) is 3. The predicted molar refractivity (Wildman–Crippen MR) is 80.8 cm³/mol. The minimum Gasteiger partial charge on any atom is -0.463 e. The van der Waals surface area contributed by atoms with E-state index in [-0.39, 0.29) is 31.0 Å². The lowest BCUT2D eigenvalue weighted by molar-refractivity contribution is -0.148. The number of hydrogen-bond donors (Lipinski definition) is 0. The summed E-state index contributed by atoms with van der Waals surface area (Å²) in [5, 5.41) is 0. The average molecular weight is 343 g/mol. The van der Waals surface area contributed by atoms with Crippen LogP contribution in [0.25, 0.3) is 0 Å². The standard InChI is InChI=1S/C17H20F3NO3/c1-10(2)24-15(22)6-11-4-3-5-21(9-11)17(23)16-13(19)7-12(18)8-14(16)20/h7-8,10-11H,3-6,9H2,1-2H3/t11-/m0/s1. The van der Waals surface area contributed by atoms with Crippen molar-refractivity contribution in [1.82, 2.24) is 4.90 Å². The lowest BCUT2D eigenvalue weighted by Crippen LogP contribution is -2.41. The van der Waals surface area contributed by atoms with Crippen LogP contribution in [0.2, 0.25) is 0 Å². The number of benzene rings is 1. The largest absolute Gasteiger partial charge is 0.463 e. The number of likely N-dealkylation sites (tertiary alicyclic amines) is 1. The Morgan fingerprint density at radius 3 is 2.46 bits per heavy atom. The van der Waals surface area contributed by atoms with Crippen molar-refractivity contribution in [2.45, 2.75) is 39.2 Å². The number of nitrogens with zero attached hydrogens (tertiary/aromatic N) is 1. The molecule has 0 unspecified atom stereocenters. The lowest BCUT2D eigenvalue weighted by atomic mass is 9.94. The van der Waals surface area contributed by atoms with Crippen LogP contribution in [0.4, 0.5) is 13.2 Å². The van der Waals surface area contributed by atoms with Crippen molar-refractivity contribution in [2.75, 3.05) is 13.1 Å². The molecule has 1 aromatic rings. The normalized spacial score (nSPS) is 17.9. The third-order valence-corrected chi connectivity index (χ3v) is 3.85. The maximum absolute atomic E-state index is 13.8. The fraction of sp³-hybridized carbons (Fsp3) is 0.529. The van der Waals surface area contributed by atoms with Crippen molar-refractivity contribution in [3.8, 4) is 0 Å². The van der Waals surface area contributed by atoms with Gasteiger partial charge in [0.05, 0.1) is 12.5 Å². The molecular formula is C17H20F3NO3. The molecule has 0 bridgehead atoms. The van der Waals surface area contributed by atoms with Gasteiger partial charge in [-0.1, -0.05) is 0 Å². The minimum absolute atomic E-state index is 0.125. The van der Waals surface area contributed by atoms with E-state index in [9.17, 15) is 22.8 Å². The molecule has 1 aromatic carbocycles. The Morgan fingerprint density at radius 2 is 1.88 bits per heavy atom. The SMILES string of the molecule is CC(C)OC(=O)C[C@@H]1CCCN(C(=O)c2c(F)cc(F)cc2F)C1. The van der Waals surface area contributed by atoms with Gasteiger partial charge >= 0.3 is 5.97 Å². The highest BCUT2D eigenvalue weighted by Gasteiger charge is 2.30. The van der Waals surface area contributed by atoms with Gasteiger partial charge < -0.3 is 9.64 Å². The van der Waals surface area contributed by atoms with Crippen LogP contribution in [-0.4, -0.2) is 36.0 Å². The summed E-state index contributed by atoms with van der Waals surface area (Å²) in [4.78, 5) is 25.4. The van der Waals surface area contributed by atoms with Gasteiger partial charge in [-0.05, 0) is 32.6 Å². The van der Waals surface area contributed by atoms with E-state index in [1.165, 1.54) is 4.90 Å². The van der Waals surface area contributed by atoms with E-state index in [0.717, 1.165) is 6.42 Å². The van der Waals surface area contributed by atoms with Crippen molar-refractivity contribution in [2.24, 2.45) is 5.92 Å². The van der Waals surface area contributed by atoms with Crippen LogP contribution < -0.4 is 0 Å². The maximum atomic E-state index is 13.8. The number of ether oxygens (including phenoxy) is 1. The van der Waals surface area contributed by atoms with E-state index in [1.54, 1.807) is 13.8 Å². The van der Waals surface area contributed by atoms with Crippen molar-refractivity contribution >= 4 is 11.9 Å². The summed E-state index contributed by atoms with van der Waals surface area (Å²) in [5.41, 5.74) is -0.762. The Bertz CT molecular complexity index is 611. The smallest absolute Gasteiger partial charge is 0.306 e. The zero-order valence-electron chi connectivity index (χ0n) is 13.7. The van der Waals surface area contributed by atoms with Crippen LogP contribution in [0, 0.1) is 23.4 Å². The molecule has 0 aliphatic carbocycles. The quantitative estimate of drug-likeness (QED) is 0.788. The second-order valence-electron chi connectivity index (χ2n) is 6.25. The van der Waals surface area contributed by atoms with E-state index < -0.39 is 28.9 Å². The molecule has 4 nitrogen and oxygen atoms in total. The van der Waals surface area contributed by atoms with Crippen molar-refractivity contribution < 1.29 is 27.5 Å². The molecule has 0 radical (unpaired) electrons. The Kier molecular flexibility index (Phi) is 5.85. The van der Waals surface area contributed by atoms with Crippen molar-refractivity contribution in [1.29, 1.82) is 0 Å². The molecular weight excluding hydrogens is 323 g/mol. The number of amides is 1.